The summed E-state index contributed by atoms with van der Waals surface area (Å²) < 4.78 is 5.20. The number of hydrogen-bond acceptors (Lipinski definition) is 5. The van der Waals surface area contributed by atoms with Gasteiger partial charge in [0.2, 0.25) is 5.91 Å². The second-order valence-electron chi connectivity index (χ2n) is 8.04. The van der Waals surface area contributed by atoms with Crippen LogP contribution in [0.1, 0.15) is 23.6 Å². The number of benzene rings is 3. The zero-order valence-corrected chi connectivity index (χ0v) is 19.2. The molecule has 0 unspecified atom stereocenters. The number of methoxy groups -OCH3 is 1. The Bertz CT molecular complexity index is 1260. The number of carbonyl (C=O) groups is 3. The van der Waals surface area contributed by atoms with Crippen molar-refractivity contribution in [3.63, 3.8) is 0 Å². The van der Waals surface area contributed by atoms with E-state index in [-0.39, 0.29) is 29.6 Å². The van der Waals surface area contributed by atoms with Crippen molar-refractivity contribution in [2.45, 2.75) is 20.4 Å². The third kappa shape index (κ3) is 4.83. The van der Waals surface area contributed by atoms with Crippen molar-refractivity contribution in [2.75, 3.05) is 17.7 Å². The molecule has 1 aliphatic heterocycles. The summed E-state index contributed by atoms with van der Waals surface area (Å²) >= 11 is 0. The minimum absolute atomic E-state index is 0.166. The second kappa shape index (κ2) is 9.62. The molecule has 1 aliphatic rings. The van der Waals surface area contributed by atoms with Gasteiger partial charge in [0.15, 0.2) is 0 Å². The monoisotopic (exact) mass is 455 g/mol. The first-order chi connectivity index (χ1) is 16.4. The first-order valence-corrected chi connectivity index (χ1v) is 10.8. The van der Waals surface area contributed by atoms with Crippen LogP contribution in [0.5, 0.6) is 5.75 Å². The summed E-state index contributed by atoms with van der Waals surface area (Å²) in [6, 6.07) is 21.7. The maximum atomic E-state index is 13.5. The van der Waals surface area contributed by atoms with E-state index in [1.54, 1.807) is 55.6 Å². The number of amides is 3. The Kier molecular flexibility index (Phi) is 6.45. The van der Waals surface area contributed by atoms with Crippen molar-refractivity contribution < 1.29 is 19.1 Å². The maximum absolute atomic E-state index is 13.5. The molecule has 0 saturated carbocycles. The van der Waals surface area contributed by atoms with Crippen LogP contribution in [0.4, 0.5) is 11.4 Å². The Morgan fingerprint density at radius 3 is 2.06 bits per heavy atom. The van der Waals surface area contributed by atoms with Crippen molar-refractivity contribution in [1.29, 1.82) is 0 Å². The average Bonchev–Trinajstić information content (AvgIpc) is 3.05. The van der Waals surface area contributed by atoms with Gasteiger partial charge in [0, 0.05) is 18.3 Å². The van der Waals surface area contributed by atoms with Gasteiger partial charge in [-0.05, 0) is 54.4 Å². The summed E-state index contributed by atoms with van der Waals surface area (Å²) in [4.78, 5) is 39.5. The molecule has 0 fully saturated rings. The van der Waals surface area contributed by atoms with Crippen LogP contribution >= 0.6 is 0 Å². The van der Waals surface area contributed by atoms with E-state index < -0.39 is 5.91 Å². The number of nitrogens with zero attached hydrogens (tertiary/aromatic N) is 1. The summed E-state index contributed by atoms with van der Waals surface area (Å²) in [6.45, 7) is 3.58. The fraction of sp³-hybridized carbons (Fsp3) is 0.148. The molecule has 1 heterocycles. The van der Waals surface area contributed by atoms with Crippen molar-refractivity contribution in [2.24, 2.45) is 0 Å². The second-order valence-corrected chi connectivity index (χ2v) is 8.04. The largest absolute Gasteiger partial charge is 0.497 e. The molecular weight excluding hydrogens is 430 g/mol. The quantitative estimate of drug-likeness (QED) is 0.517. The van der Waals surface area contributed by atoms with E-state index in [2.05, 4.69) is 10.6 Å². The third-order valence-electron chi connectivity index (χ3n) is 5.48. The highest BCUT2D eigenvalue weighted by Gasteiger charge is 2.39. The Morgan fingerprint density at radius 1 is 0.853 bits per heavy atom. The Morgan fingerprint density at radius 2 is 1.47 bits per heavy atom. The van der Waals surface area contributed by atoms with E-state index in [4.69, 9.17) is 4.74 Å². The van der Waals surface area contributed by atoms with Gasteiger partial charge in [-0.3, -0.25) is 19.3 Å². The molecule has 3 amide bonds. The highest BCUT2D eigenvalue weighted by Crippen LogP contribution is 2.32. The summed E-state index contributed by atoms with van der Waals surface area (Å²) in [5, 5.41) is 5.84. The minimum Gasteiger partial charge on any atom is -0.497 e. The smallest absolute Gasteiger partial charge is 0.278 e. The van der Waals surface area contributed by atoms with Gasteiger partial charge in [0.05, 0.1) is 19.2 Å². The van der Waals surface area contributed by atoms with E-state index >= 15 is 0 Å². The molecule has 3 aromatic rings. The standard InChI is InChI=1S/C27H25N3O4/c1-17-4-6-19(7-5-17)16-30-26(32)24(20-8-10-21(11-9-20)28-18(2)31)25(27(30)33)29-22-12-14-23(34-3)15-13-22/h4-15,29H,16H2,1-3H3,(H,28,31). The highest BCUT2D eigenvalue weighted by atomic mass is 16.5. The fourth-order valence-electron chi connectivity index (χ4n) is 3.72. The van der Waals surface area contributed by atoms with Crippen molar-refractivity contribution in [1.82, 2.24) is 4.90 Å². The van der Waals surface area contributed by atoms with E-state index in [1.165, 1.54) is 11.8 Å². The molecule has 0 aliphatic carbocycles. The summed E-state index contributed by atoms with van der Waals surface area (Å²) in [5.74, 6) is -0.287. The first-order valence-electron chi connectivity index (χ1n) is 10.8. The van der Waals surface area contributed by atoms with Crippen LogP contribution in [0.25, 0.3) is 5.57 Å². The fourth-order valence-corrected chi connectivity index (χ4v) is 3.72. The van der Waals surface area contributed by atoms with Crippen molar-refractivity contribution in [3.05, 3.63) is 95.2 Å². The normalized spacial score (nSPS) is 13.3. The molecule has 0 atom stereocenters. The first kappa shape index (κ1) is 22.8. The van der Waals surface area contributed by atoms with Gasteiger partial charge in [-0.25, -0.2) is 0 Å². The molecule has 172 valence electrons. The van der Waals surface area contributed by atoms with Crippen molar-refractivity contribution >= 4 is 34.7 Å². The zero-order valence-electron chi connectivity index (χ0n) is 19.2. The van der Waals surface area contributed by atoms with E-state index in [0.29, 0.717) is 22.7 Å². The molecule has 0 radical (unpaired) electrons. The molecule has 2 N–H and O–H groups in total. The molecule has 7 heteroatoms. The van der Waals surface area contributed by atoms with Crippen LogP contribution in [0.15, 0.2) is 78.5 Å². The van der Waals surface area contributed by atoms with E-state index in [9.17, 15) is 14.4 Å². The molecule has 3 aromatic carbocycles. The number of carbonyl (C=O) groups excluding carboxylic acids is 3. The lowest BCUT2D eigenvalue weighted by atomic mass is 10.0. The highest BCUT2D eigenvalue weighted by molar-refractivity contribution is 6.36. The third-order valence-corrected chi connectivity index (χ3v) is 5.48. The molecule has 4 rings (SSSR count). The van der Waals surface area contributed by atoms with Crippen LogP contribution in [0, 0.1) is 6.92 Å². The number of ether oxygens (including phenoxy) is 1. The lowest BCUT2D eigenvalue weighted by molar-refractivity contribution is -0.137. The number of aryl methyl sites for hydroxylation is 1. The molecular formula is C27H25N3O4. The Balaban J connectivity index is 1.70. The van der Waals surface area contributed by atoms with Crippen LogP contribution < -0.4 is 15.4 Å². The van der Waals surface area contributed by atoms with Crippen LogP contribution in [0.2, 0.25) is 0 Å². The number of anilines is 2. The molecule has 34 heavy (non-hydrogen) atoms. The van der Waals surface area contributed by atoms with E-state index in [1.807, 2.05) is 31.2 Å². The van der Waals surface area contributed by atoms with Gasteiger partial charge >= 0.3 is 0 Å². The van der Waals surface area contributed by atoms with Crippen LogP contribution in [-0.4, -0.2) is 29.7 Å². The van der Waals surface area contributed by atoms with Gasteiger partial charge in [-0.15, -0.1) is 0 Å². The summed E-state index contributed by atoms with van der Waals surface area (Å²) in [6.07, 6.45) is 0. The molecule has 0 aromatic heterocycles. The van der Waals surface area contributed by atoms with Gasteiger partial charge in [0.25, 0.3) is 11.8 Å². The number of hydrogen-bond donors (Lipinski definition) is 2. The van der Waals surface area contributed by atoms with Gasteiger partial charge in [0.1, 0.15) is 11.4 Å². The minimum atomic E-state index is -0.401. The molecule has 0 saturated heterocycles. The summed E-state index contributed by atoms with van der Waals surface area (Å²) in [7, 11) is 1.58. The Labute approximate surface area is 198 Å². The molecule has 0 spiro atoms. The maximum Gasteiger partial charge on any atom is 0.278 e. The van der Waals surface area contributed by atoms with Gasteiger partial charge < -0.3 is 15.4 Å². The molecule has 0 bridgehead atoms. The lowest BCUT2D eigenvalue weighted by Crippen LogP contribution is -2.32. The predicted octanol–water partition coefficient (Wildman–Crippen LogP) is 4.35. The van der Waals surface area contributed by atoms with Crippen LogP contribution in [-0.2, 0) is 20.9 Å². The van der Waals surface area contributed by atoms with Gasteiger partial charge in [-0.1, -0.05) is 42.0 Å². The SMILES string of the molecule is COc1ccc(NC2=C(c3ccc(NC(C)=O)cc3)C(=O)N(Cc3ccc(C)cc3)C2=O)cc1. The summed E-state index contributed by atoms with van der Waals surface area (Å²) in [5.41, 5.74) is 4.28. The molecule has 7 nitrogen and oxygen atoms in total. The van der Waals surface area contributed by atoms with Gasteiger partial charge in [-0.2, -0.15) is 0 Å². The predicted molar refractivity (Wildman–Crippen MR) is 131 cm³/mol. The number of rotatable bonds is 7. The lowest BCUT2D eigenvalue weighted by Gasteiger charge is -2.15. The zero-order chi connectivity index (χ0) is 24.2. The van der Waals surface area contributed by atoms with E-state index in [0.717, 1.165) is 11.1 Å². The van der Waals surface area contributed by atoms with Crippen molar-refractivity contribution in [3.8, 4) is 5.75 Å². The van der Waals surface area contributed by atoms with Crippen LogP contribution in [0.3, 0.4) is 0 Å². The number of nitrogens with one attached hydrogen (secondary N) is 2. The topological polar surface area (TPSA) is 87.7 Å². The average molecular weight is 456 g/mol. The number of imide groups is 1. The Hall–Kier alpha value is -4.39.